The van der Waals surface area contributed by atoms with Gasteiger partial charge in [-0.3, -0.25) is 4.79 Å². The van der Waals surface area contributed by atoms with Crippen LogP contribution < -0.4 is 11.1 Å². The number of thioether (sulfide) groups is 1. The van der Waals surface area contributed by atoms with Crippen molar-refractivity contribution in [2.45, 2.75) is 24.9 Å². The van der Waals surface area contributed by atoms with E-state index in [1.807, 2.05) is 6.26 Å². The van der Waals surface area contributed by atoms with E-state index in [-0.39, 0.29) is 0 Å². The highest BCUT2D eigenvalue weighted by Gasteiger charge is 2.21. The monoisotopic (exact) mass is 246 g/mol. The van der Waals surface area contributed by atoms with Crippen molar-refractivity contribution in [2.75, 3.05) is 12.0 Å². The molecule has 0 fully saturated rings. The molecule has 0 aromatic heterocycles. The predicted molar refractivity (Wildman–Crippen MR) is 65.4 cm³/mol. The molecule has 0 saturated carbocycles. The lowest BCUT2D eigenvalue weighted by molar-refractivity contribution is -0.142. The van der Waals surface area contributed by atoms with Gasteiger partial charge in [-0.05, 0) is 24.9 Å². The molecule has 92 valence electrons. The molecule has 1 amide bonds. The first-order chi connectivity index (χ1) is 7.52. The van der Waals surface area contributed by atoms with Crippen molar-refractivity contribution < 1.29 is 14.7 Å². The second-order valence-corrected chi connectivity index (χ2v) is 4.30. The summed E-state index contributed by atoms with van der Waals surface area (Å²) in [4.78, 5) is 22.3. The summed E-state index contributed by atoms with van der Waals surface area (Å²) in [6.45, 7) is 3.47. The first kappa shape index (κ1) is 15.0. The van der Waals surface area contributed by atoms with Crippen LogP contribution in [0.25, 0.3) is 0 Å². The Morgan fingerprint density at radius 3 is 2.69 bits per heavy atom. The predicted octanol–water partition coefficient (Wildman–Crippen LogP) is 0.212. The molecule has 0 bridgehead atoms. The molecule has 5 nitrogen and oxygen atoms in total. The highest BCUT2D eigenvalue weighted by Crippen LogP contribution is 2.01. The third-order valence-corrected chi connectivity index (χ3v) is 2.63. The van der Waals surface area contributed by atoms with Crippen LogP contribution in [0.3, 0.4) is 0 Å². The number of nitrogens with one attached hydrogen (secondary N) is 1. The molecule has 0 heterocycles. The normalized spacial score (nSPS) is 13.9. The van der Waals surface area contributed by atoms with Crippen molar-refractivity contribution in [3.63, 3.8) is 0 Å². The van der Waals surface area contributed by atoms with Gasteiger partial charge in [-0.1, -0.05) is 6.08 Å². The molecule has 0 radical (unpaired) electrons. The first-order valence-corrected chi connectivity index (χ1v) is 6.30. The van der Waals surface area contributed by atoms with Crippen LogP contribution in [0.2, 0.25) is 0 Å². The zero-order valence-corrected chi connectivity index (χ0v) is 10.1. The Hall–Kier alpha value is -1.01. The number of nitrogens with two attached hydrogens (primary N) is 1. The van der Waals surface area contributed by atoms with Crippen molar-refractivity contribution in [1.82, 2.24) is 5.32 Å². The van der Waals surface area contributed by atoms with E-state index in [2.05, 4.69) is 11.9 Å². The van der Waals surface area contributed by atoms with E-state index >= 15 is 0 Å². The maximum Gasteiger partial charge on any atom is 0.326 e. The molecule has 0 aliphatic rings. The zero-order valence-electron chi connectivity index (χ0n) is 9.31. The van der Waals surface area contributed by atoms with E-state index in [4.69, 9.17) is 10.8 Å². The van der Waals surface area contributed by atoms with Gasteiger partial charge in [-0.2, -0.15) is 11.8 Å². The number of rotatable bonds is 8. The van der Waals surface area contributed by atoms with Gasteiger partial charge in [-0.25, -0.2) is 4.79 Å². The molecule has 2 atom stereocenters. The van der Waals surface area contributed by atoms with E-state index in [1.54, 1.807) is 0 Å². The fourth-order valence-electron chi connectivity index (χ4n) is 1.06. The Morgan fingerprint density at radius 2 is 2.25 bits per heavy atom. The van der Waals surface area contributed by atoms with Crippen molar-refractivity contribution in [1.29, 1.82) is 0 Å². The second-order valence-electron chi connectivity index (χ2n) is 3.31. The number of hydrogen-bond acceptors (Lipinski definition) is 4. The Morgan fingerprint density at radius 1 is 1.62 bits per heavy atom. The van der Waals surface area contributed by atoms with Gasteiger partial charge in [0.05, 0.1) is 6.04 Å². The minimum atomic E-state index is -1.03. The maximum absolute atomic E-state index is 11.5. The minimum Gasteiger partial charge on any atom is -0.480 e. The Kier molecular flexibility index (Phi) is 7.66. The van der Waals surface area contributed by atoms with E-state index in [0.717, 1.165) is 0 Å². The third kappa shape index (κ3) is 5.77. The summed E-state index contributed by atoms with van der Waals surface area (Å²) in [6.07, 6.45) is 4.13. The molecule has 0 aliphatic carbocycles. The van der Waals surface area contributed by atoms with Gasteiger partial charge in [0, 0.05) is 0 Å². The molecule has 0 spiro atoms. The highest BCUT2D eigenvalue weighted by atomic mass is 32.2. The van der Waals surface area contributed by atoms with E-state index in [1.165, 1.54) is 17.8 Å². The molecule has 6 heteroatoms. The summed E-state index contributed by atoms with van der Waals surface area (Å²) in [5.41, 5.74) is 5.52. The number of hydrogen-bond donors (Lipinski definition) is 3. The van der Waals surface area contributed by atoms with Crippen LogP contribution in [0.5, 0.6) is 0 Å². The van der Waals surface area contributed by atoms with Crippen molar-refractivity contribution in [2.24, 2.45) is 5.73 Å². The summed E-state index contributed by atoms with van der Waals surface area (Å²) in [5.74, 6) is -0.810. The zero-order chi connectivity index (χ0) is 12.6. The largest absolute Gasteiger partial charge is 0.480 e. The van der Waals surface area contributed by atoms with Crippen LogP contribution in [-0.4, -0.2) is 41.1 Å². The fourth-order valence-corrected chi connectivity index (χ4v) is 1.53. The lowest BCUT2D eigenvalue weighted by Crippen LogP contribution is -2.48. The quantitative estimate of drug-likeness (QED) is 0.532. The Labute approximate surface area is 99.5 Å². The van der Waals surface area contributed by atoms with E-state index < -0.39 is 24.0 Å². The molecule has 1 unspecified atom stereocenters. The van der Waals surface area contributed by atoms with Gasteiger partial charge in [-0.15, -0.1) is 6.58 Å². The maximum atomic E-state index is 11.5. The lowest BCUT2D eigenvalue weighted by atomic mass is 10.1. The third-order valence-electron chi connectivity index (χ3n) is 1.98. The number of carbonyl (C=O) groups is 2. The van der Waals surface area contributed by atoms with E-state index in [0.29, 0.717) is 18.6 Å². The molecule has 0 aromatic carbocycles. The van der Waals surface area contributed by atoms with Crippen LogP contribution in [0, 0.1) is 0 Å². The summed E-state index contributed by atoms with van der Waals surface area (Å²) in [5, 5.41) is 11.3. The topological polar surface area (TPSA) is 92.4 Å². The molecular formula is C10H18N2O3S. The summed E-state index contributed by atoms with van der Waals surface area (Å²) in [6, 6.07) is -1.59. The Bertz CT molecular complexity index is 258. The molecule has 4 N–H and O–H groups in total. The Balaban J connectivity index is 4.22. The van der Waals surface area contributed by atoms with Crippen LogP contribution in [0.4, 0.5) is 0 Å². The smallest absolute Gasteiger partial charge is 0.326 e. The number of carbonyl (C=O) groups excluding carboxylic acids is 1. The van der Waals surface area contributed by atoms with Gasteiger partial charge in [0.1, 0.15) is 6.04 Å². The number of aliphatic carboxylic acids is 1. The molecule has 16 heavy (non-hydrogen) atoms. The highest BCUT2D eigenvalue weighted by molar-refractivity contribution is 7.98. The number of carboxylic acids is 1. The van der Waals surface area contributed by atoms with Crippen LogP contribution in [-0.2, 0) is 9.59 Å². The summed E-state index contributed by atoms with van der Waals surface area (Å²) < 4.78 is 0. The van der Waals surface area contributed by atoms with Crippen LogP contribution in [0.15, 0.2) is 12.7 Å². The van der Waals surface area contributed by atoms with Crippen LogP contribution in [0.1, 0.15) is 12.8 Å². The molecule has 0 rings (SSSR count). The SMILES string of the molecule is C=CCC(N)C(=O)N[C@@H](CCSC)C(=O)O. The second kappa shape index (κ2) is 8.18. The number of amides is 1. The minimum absolute atomic E-state index is 0.334. The van der Waals surface area contributed by atoms with Gasteiger partial charge in [0.2, 0.25) is 5.91 Å². The van der Waals surface area contributed by atoms with Gasteiger partial charge < -0.3 is 16.2 Å². The molecular weight excluding hydrogens is 228 g/mol. The van der Waals surface area contributed by atoms with Crippen molar-refractivity contribution in [3.05, 3.63) is 12.7 Å². The molecule has 0 aliphatic heterocycles. The van der Waals surface area contributed by atoms with Crippen LogP contribution >= 0.6 is 11.8 Å². The molecule has 0 aromatic rings. The summed E-state index contributed by atoms with van der Waals surface area (Å²) >= 11 is 1.53. The fraction of sp³-hybridized carbons (Fsp3) is 0.600. The lowest BCUT2D eigenvalue weighted by Gasteiger charge is -2.16. The van der Waals surface area contributed by atoms with Gasteiger partial charge >= 0.3 is 5.97 Å². The van der Waals surface area contributed by atoms with E-state index in [9.17, 15) is 9.59 Å². The molecule has 0 saturated heterocycles. The van der Waals surface area contributed by atoms with Gasteiger partial charge in [0.25, 0.3) is 0 Å². The average molecular weight is 246 g/mol. The average Bonchev–Trinajstić information content (AvgIpc) is 2.23. The van der Waals surface area contributed by atoms with Gasteiger partial charge in [0.15, 0.2) is 0 Å². The first-order valence-electron chi connectivity index (χ1n) is 4.91. The number of carboxylic acid groups (broad SMARTS) is 1. The standard InChI is InChI=1S/C10H18N2O3S/c1-3-4-7(11)9(13)12-8(10(14)15)5-6-16-2/h3,7-8H,1,4-6,11H2,2H3,(H,12,13)(H,14,15)/t7?,8-/m0/s1. The van der Waals surface area contributed by atoms with Crippen molar-refractivity contribution >= 4 is 23.6 Å². The van der Waals surface area contributed by atoms with Crippen molar-refractivity contribution in [3.8, 4) is 0 Å². The summed E-state index contributed by atoms with van der Waals surface area (Å²) in [7, 11) is 0.